The van der Waals surface area contributed by atoms with Gasteiger partial charge in [0.2, 0.25) is 5.95 Å². The van der Waals surface area contributed by atoms with Crippen LogP contribution in [0.2, 0.25) is 0 Å². The number of aryl methyl sites for hydroxylation is 1. The summed E-state index contributed by atoms with van der Waals surface area (Å²) in [7, 11) is 3.07. The quantitative estimate of drug-likeness (QED) is 0.323. The van der Waals surface area contributed by atoms with Gasteiger partial charge in [-0.15, -0.1) is 0 Å². The Morgan fingerprint density at radius 1 is 0.971 bits per heavy atom. The van der Waals surface area contributed by atoms with Crippen LogP contribution in [-0.4, -0.2) is 38.0 Å². The Kier molecular flexibility index (Phi) is 6.62. The molecular formula is C25H29N7O2. The molecule has 0 aliphatic carbocycles. The molecule has 0 fully saturated rings. The average Bonchev–Trinajstić information content (AvgIpc) is 3.22. The highest BCUT2D eigenvalue weighted by atomic mass is 16.2. The van der Waals surface area contributed by atoms with E-state index in [9.17, 15) is 9.59 Å². The van der Waals surface area contributed by atoms with Crippen molar-refractivity contribution < 1.29 is 0 Å². The molecule has 176 valence electrons. The van der Waals surface area contributed by atoms with E-state index in [2.05, 4.69) is 46.4 Å². The van der Waals surface area contributed by atoms with E-state index in [1.54, 1.807) is 17.8 Å². The van der Waals surface area contributed by atoms with E-state index in [0.717, 1.165) is 34.5 Å². The molecule has 0 saturated heterocycles. The van der Waals surface area contributed by atoms with Crippen LogP contribution in [0.3, 0.4) is 0 Å². The van der Waals surface area contributed by atoms with Gasteiger partial charge >= 0.3 is 5.69 Å². The minimum atomic E-state index is -0.426. The van der Waals surface area contributed by atoms with Crippen LogP contribution < -0.4 is 21.6 Å². The third-order valence-corrected chi connectivity index (χ3v) is 5.93. The lowest BCUT2D eigenvalue weighted by Crippen LogP contribution is -2.37. The van der Waals surface area contributed by atoms with Crippen LogP contribution >= 0.6 is 0 Å². The van der Waals surface area contributed by atoms with Crippen molar-refractivity contribution in [2.45, 2.75) is 20.4 Å². The zero-order valence-electron chi connectivity index (χ0n) is 19.9. The van der Waals surface area contributed by atoms with Crippen molar-refractivity contribution in [2.24, 2.45) is 19.2 Å². The number of nitrogens with zero attached hydrogens (tertiary/aromatic N) is 6. The van der Waals surface area contributed by atoms with Crippen LogP contribution in [0.25, 0.3) is 11.2 Å². The van der Waals surface area contributed by atoms with Crippen molar-refractivity contribution in [3.05, 3.63) is 86.6 Å². The SMILES string of the molecule is CCN(CC)c1ccc(/C=N/Nc2nc3c(c(=O)n(C)c(=O)n3C)n2Cc2ccccc2)cc1. The lowest BCUT2D eigenvalue weighted by Gasteiger charge is -2.20. The summed E-state index contributed by atoms with van der Waals surface area (Å²) in [6.45, 7) is 6.57. The first kappa shape index (κ1) is 23.0. The van der Waals surface area contributed by atoms with Crippen LogP contribution in [0.15, 0.2) is 69.3 Å². The number of benzene rings is 2. The Morgan fingerprint density at radius 3 is 2.29 bits per heavy atom. The summed E-state index contributed by atoms with van der Waals surface area (Å²) in [5, 5.41) is 4.36. The van der Waals surface area contributed by atoms with Gasteiger partial charge in [-0.25, -0.2) is 10.2 Å². The molecule has 0 aliphatic heterocycles. The van der Waals surface area contributed by atoms with Crippen molar-refractivity contribution in [3.63, 3.8) is 0 Å². The van der Waals surface area contributed by atoms with Crippen LogP contribution in [0, 0.1) is 0 Å². The summed E-state index contributed by atoms with van der Waals surface area (Å²) in [5.74, 6) is 0.383. The summed E-state index contributed by atoms with van der Waals surface area (Å²) in [6, 6.07) is 17.9. The van der Waals surface area contributed by atoms with Gasteiger partial charge in [0, 0.05) is 32.9 Å². The number of nitrogens with one attached hydrogen (secondary N) is 1. The molecule has 9 heteroatoms. The summed E-state index contributed by atoms with van der Waals surface area (Å²) in [4.78, 5) is 32.2. The van der Waals surface area contributed by atoms with Gasteiger partial charge in [0.15, 0.2) is 11.2 Å². The Labute approximate surface area is 197 Å². The first-order chi connectivity index (χ1) is 16.4. The van der Waals surface area contributed by atoms with Gasteiger partial charge in [0.05, 0.1) is 12.8 Å². The first-order valence-corrected chi connectivity index (χ1v) is 11.3. The Balaban J connectivity index is 1.70. The molecule has 0 bridgehead atoms. The molecule has 0 aliphatic rings. The zero-order chi connectivity index (χ0) is 24.2. The highest BCUT2D eigenvalue weighted by Crippen LogP contribution is 2.18. The predicted molar refractivity (Wildman–Crippen MR) is 137 cm³/mol. The summed E-state index contributed by atoms with van der Waals surface area (Å²) >= 11 is 0. The fourth-order valence-electron chi connectivity index (χ4n) is 3.98. The Hall–Kier alpha value is -4.14. The number of hydrogen-bond acceptors (Lipinski definition) is 6. The van der Waals surface area contributed by atoms with E-state index < -0.39 is 11.2 Å². The van der Waals surface area contributed by atoms with E-state index >= 15 is 0 Å². The molecule has 0 spiro atoms. The number of aromatic nitrogens is 4. The average molecular weight is 460 g/mol. The Morgan fingerprint density at radius 2 is 1.65 bits per heavy atom. The number of hydrogen-bond donors (Lipinski definition) is 1. The molecule has 0 saturated carbocycles. The molecule has 2 heterocycles. The summed E-state index contributed by atoms with van der Waals surface area (Å²) in [5.41, 5.74) is 5.89. The van der Waals surface area contributed by atoms with Gasteiger partial charge in [-0.05, 0) is 37.1 Å². The largest absolute Gasteiger partial charge is 0.372 e. The third kappa shape index (κ3) is 4.36. The lowest BCUT2D eigenvalue weighted by atomic mass is 10.2. The van der Waals surface area contributed by atoms with Gasteiger partial charge in [0.1, 0.15) is 0 Å². The summed E-state index contributed by atoms with van der Waals surface area (Å²) < 4.78 is 4.22. The Bertz CT molecular complexity index is 1430. The second-order valence-corrected chi connectivity index (χ2v) is 8.02. The maximum atomic E-state index is 13.0. The van der Waals surface area contributed by atoms with Gasteiger partial charge in [0.25, 0.3) is 5.56 Å². The monoisotopic (exact) mass is 459 g/mol. The molecule has 2 aromatic carbocycles. The van der Waals surface area contributed by atoms with Crippen molar-refractivity contribution in [2.75, 3.05) is 23.4 Å². The molecule has 0 amide bonds. The van der Waals surface area contributed by atoms with Crippen molar-refractivity contribution in [3.8, 4) is 0 Å². The topological polar surface area (TPSA) is 89.5 Å². The molecular weight excluding hydrogens is 430 g/mol. The van der Waals surface area contributed by atoms with E-state index in [0.29, 0.717) is 23.7 Å². The normalized spacial score (nSPS) is 11.4. The van der Waals surface area contributed by atoms with Crippen LogP contribution in [0.4, 0.5) is 11.6 Å². The van der Waals surface area contributed by atoms with Crippen molar-refractivity contribution in [1.82, 2.24) is 18.7 Å². The smallest absolute Gasteiger partial charge is 0.332 e. The second-order valence-electron chi connectivity index (χ2n) is 8.02. The fraction of sp³-hybridized carbons (Fsp3) is 0.280. The molecule has 2 aromatic heterocycles. The van der Waals surface area contributed by atoms with E-state index in [1.165, 1.54) is 11.6 Å². The molecule has 0 atom stereocenters. The third-order valence-electron chi connectivity index (χ3n) is 5.93. The van der Waals surface area contributed by atoms with Gasteiger partial charge < -0.3 is 4.90 Å². The minimum Gasteiger partial charge on any atom is -0.372 e. The van der Waals surface area contributed by atoms with Crippen molar-refractivity contribution >= 4 is 29.0 Å². The van der Waals surface area contributed by atoms with E-state index in [4.69, 9.17) is 0 Å². The molecule has 4 rings (SSSR count). The van der Waals surface area contributed by atoms with Crippen molar-refractivity contribution in [1.29, 1.82) is 0 Å². The fourth-order valence-corrected chi connectivity index (χ4v) is 3.98. The highest BCUT2D eigenvalue weighted by molar-refractivity contribution is 5.81. The van der Waals surface area contributed by atoms with Crippen LogP contribution in [0.1, 0.15) is 25.0 Å². The number of hydrazone groups is 1. The van der Waals surface area contributed by atoms with E-state index in [-0.39, 0.29) is 0 Å². The molecule has 0 radical (unpaired) electrons. The molecule has 9 nitrogen and oxygen atoms in total. The minimum absolute atomic E-state index is 0.310. The number of fused-ring (bicyclic) bond motifs is 1. The van der Waals surface area contributed by atoms with Crippen LogP contribution in [-0.2, 0) is 20.6 Å². The highest BCUT2D eigenvalue weighted by Gasteiger charge is 2.19. The first-order valence-electron chi connectivity index (χ1n) is 11.3. The number of rotatable bonds is 8. The second kappa shape index (κ2) is 9.78. The zero-order valence-corrected chi connectivity index (χ0v) is 19.9. The van der Waals surface area contributed by atoms with Crippen LogP contribution in [0.5, 0.6) is 0 Å². The van der Waals surface area contributed by atoms with Gasteiger partial charge in [-0.3, -0.25) is 18.5 Å². The molecule has 4 aromatic rings. The van der Waals surface area contributed by atoms with E-state index in [1.807, 2.05) is 42.5 Å². The maximum Gasteiger partial charge on any atom is 0.332 e. The molecule has 0 unspecified atom stereocenters. The molecule has 1 N–H and O–H groups in total. The lowest BCUT2D eigenvalue weighted by molar-refractivity contribution is 0.702. The summed E-state index contributed by atoms with van der Waals surface area (Å²) in [6.07, 6.45) is 1.70. The predicted octanol–water partition coefficient (Wildman–Crippen LogP) is 2.77. The molecule has 34 heavy (non-hydrogen) atoms. The van der Waals surface area contributed by atoms with Gasteiger partial charge in [-0.2, -0.15) is 10.1 Å². The maximum absolute atomic E-state index is 13.0. The standard InChI is InChI=1S/C25H29N7O2/c1-5-31(6-2)20-14-12-18(13-15-20)16-26-28-24-27-22-21(23(33)30(4)25(34)29(22)3)32(24)17-19-10-8-7-9-11-19/h7-16H,5-6,17H2,1-4H3,(H,27,28)/b26-16+. The number of anilines is 2. The van der Waals surface area contributed by atoms with Gasteiger partial charge in [-0.1, -0.05) is 42.5 Å². The number of imidazole rings is 1.